The Morgan fingerprint density at radius 1 is 0.402 bits per heavy atom. The van der Waals surface area contributed by atoms with Gasteiger partial charge in [-0.05, 0) is 103 Å². The van der Waals surface area contributed by atoms with E-state index in [-0.39, 0.29) is 12.5 Å². The summed E-state index contributed by atoms with van der Waals surface area (Å²) in [4.78, 5) is 13.1. The van der Waals surface area contributed by atoms with Crippen LogP contribution in [0.4, 0.5) is 0 Å². The van der Waals surface area contributed by atoms with Crippen molar-refractivity contribution in [3.63, 3.8) is 0 Å². The summed E-state index contributed by atoms with van der Waals surface area (Å²) in [5.74, 6) is -0.196. The van der Waals surface area contributed by atoms with E-state index < -0.39 is 49.5 Å². The molecular formula is C78H133NO8. The Balaban J connectivity index is 2.18. The number of allylic oxidation sites excluding steroid dienone is 21. The highest BCUT2D eigenvalue weighted by molar-refractivity contribution is 5.76. The number of ether oxygens (including phenoxy) is 2. The van der Waals surface area contributed by atoms with Crippen molar-refractivity contribution in [2.75, 3.05) is 13.2 Å². The molecule has 1 aliphatic heterocycles. The van der Waals surface area contributed by atoms with Gasteiger partial charge in [0.15, 0.2) is 6.29 Å². The number of hydrogen-bond donors (Lipinski definition) is 6. The Labute approximate surface area is 534 Å². The first-order valence-corrected chi connectivity index (χ1v) is 35.9. The molecule has 7 unspecified atom stereocenters. The third-order valence-corrected chi connectivity index (χ3v) is 16.2. The minimum atomic E-state index is -1.58. The van der Waals surface area contributed by atoms with Gasteiger partial charge in [-0.15, -0.1) is 0 Å². The van der Waals surface area contributed by atoms with Gasteiger partial charge in [0.25, 0.3) is 0 Å². The van der Waals surface area contributed by atoms with Crippen LogP contribution in [0.2, 0.25) is 0 Å². The minimum absolute atomic E-state index is 0.196. The van der Waals surface area contributed by atoms with E-state index in [2.05, 4.69) is 141 Å². The zero-order valence-electron chi connectivity index (χ0n) is 55.7. The Morgan fingerprint density at radius 3 is 1.10 bits per heavy atom. The molecule has 9 heteroatoms. The second kappa shape index (κ2) is 65.3. The molecule has 0 aromatic carbocycles. The number of aliphatic hydroxyl groups excluding tert-OH is 5. The number of carbonyl (C=O) groups is 1. The van der Waals surface area contributed by atoms with Gasteiger partial charge in [0.2, 0.25) is 5.91 Å². The summed E-state index contributed by atoms with van der Waals surface area (Å²) in [6.07, 6.45) is 92.7. The molecule has 1 heterocycles. The predicted molar refractivity (Wildman–Crippen MR) is 373 cm³/mol. The van der Waals surface area contributed by atoms with Crippen molar-refractivity contribution in [2.24, 2.45) is 0 Å². The summed E-state index contributed by atoms with van der Waals surface area (Å²) >= 11 is 0. The molecule has 0 aliphatic carbocycles. The van der Waals surface area contributed by atoms with Gasteiger partial charge in [0.1, 0.15) is 24.4 Å². The molecule has 1 aliphatic rings. The molecule has 7 atom stereocenters. The third kappa shape index (κ3) is 53.8. The number of amides is 1. The quantitative estimate of drug-likeness (QED) is 0.0261. The molecule has 1 fully saturated rings. The molecule has 9 nitrogen and oxygen atoms in total. The smallest absolute Gasteiger partial charge is 0.220 e. The van der Waals surface area contributed by atoms with Crippen molar-refractivity contribution in [2.45, 2.75) is 339 Å². The van der Waals surface area contributed by atoms with Gasteiger partial charge in [-0.1, -0.05) is 321 Å². The van der Waals surface area contributed by atoms with Crippen LogP contribution < -0.4 is 5.32 Å². The van der Waals surface area contributed by atoms with Crippen LogP contribution in [0.5, 0.6) is 0 Å². The fourth-order valence-corrected chi connectivity index (χ4v) is 10.6. The molecule has 0 aromatic heterocycles. The molecule has 0 radical (unpaired) electrons. The molecule has 498 valence electrons. The third-order valence-electron chi connectivity index (χ3n) is 16.2. The van der Waals surface area contributed by atoms with E-state index >= 15 is 0 Å². The van der Waals surface area contributed by atoms with Crippen LogP contribution in [0, 0.1) is 0 Å². The van der Waals surface area contributed by atoms with Crippen LogP contribution in [-0.4, -0.2) is 87.5 Å². The minimum Gasteiger partial charge on any atom is -0.394 e. The first kappa shape index (κ1) is 81.3. The second-order valence-corrected chi connectivity index (χ2v) is 24.3. The summed E-state index contributed by atoms with van der Waals surface area (Å²) in [7, 11) is 0. The highest BCUT2D eigenvalue weighted by atomic mass is 16.7. The van der Waals surface area contributed by atoms with E-state index in [0.29, 0.717) is 6.42 Å². The van der Waals surface area contributed by atoms with E-state index in [1.807, 2.05) is 6.08 Å². The maximum absolute atomic E-state index is 13.1. The molecule has 0 bridgehead atoms. The highest BCUT2D eigenvalue weighted by Gasteiger charge is 2.44. The summed E-state index contributed by atoms with van der Waals surface area (Å²) in [5, 5.41) is 54.8. The number of unbranched alkanes of at least 4 members (excludes halogenated alkanes) is 31. The van der Waals surface area contributed by atoms with Crippen molar-refractivity contribution >= 4 is 5.91 Å². The highest BCUT2D eigenvalue weighted by Crippen LogP contribution is 2.23. The lowest BCUT2D eigenvalue weighted by molar-refractivity contribution is -0.302. The first-order valence-electron chi connectivity index (χ1n) is 35.9. The number of rotatable bonds is 61. The number of aliphatic hydroxyl groups is 5. The Morgan fingerprint density at radius 2 is 0.724 bits per heavy atom. The summed E-state index contributed by atoms with van der Waals surface area (Å²) in [6, 6.07) is -0.836. The van der Waals surface area contributed by atoms with Gasteiger partial charge < -0.3 is 40.3 Å². The lowest BCUT2D eigenvalue weighted by Crippen LogP contribution is -2.60. The van der Waals surface area contributed by atoms with E-state index in [9.17, 15) is 30.3 Å². The lowest BCUT2D eigenvalue weighted by atomic mass is 9.99. The zero-order valence-corrected chi connectivity index (χ0v) is 55.7. The first-order chi connectivity index (χ1) is 42.8. The normalized spacial score (nSPS) is 18.8. The molecule has 1 amide bonds. The fourth-order valence-electron chi connectivity index (χ4n) is 10.6. The average Bonchev–Trinajstić information content (AvgIpc) is 3.37. The van der Waals surface area contributed by atoms with E-state index in [0.717, 1.165) is 109 Å². The molecule has 1 saturated heterocycles. The monoisotopic (exact) mass is 1210 g/mol. The maximum Gasteiger partial charge on any atom is 0.220 e. The SMILES string of the molecule is CC/C=C\C/C=C\C/C=C\C/C=C\C/C=C\C/C=C\C/C=C\C/C=C\C/C=C\CCCCCCCCCCCC(=O)NC(COC1OC(CO)C(O)C(O)C1O)C(O)/C=C/CC/C=C/CCCCCCCCCCCCCCCCCCCCCCC. The van der Waals surface area contributed by atoms with Gasteiger partial charge >= 0.3 is 0 Å². The van der Waals surface area contributed by atoms with Crippen molar-refractivity contribution < 1.29 is 39.8 Å². The predicted octanol–water partition coefficient (Wildman–Crippen LogP) is 20.0. The van der Waals surface area contributed by atoms with Gasteiger partial charge in [-0.3, -0.25) is 4.79 Å². The lowest BCUT2D eigenvalue weighted by Gasteiger charge is -2.40. The standard InChI is InChI=1S/C78H133NO8/c1-3-5-7-9-11-13-15-17-19-21-23-25-27-29-31-32-33-34-35-36-37-38-39-40-42-44-46-48-50-52-54-56-58-60-62-64-66-68-74(82)79-71(70-86-78-77(85)76(84)75(83)73(69-80)87-78)72(81)67-65-63-61-59-57-55-53-51-49-47-45-43-41-30-28-26-24-22-20-18-16-14-12-10-8-6-4-2/h5,7,11,13,17,19,23,25,29,31,33-34,36-37,39-40,44,46,57,59,65,67,71-73,75-78,80-81,83-85H,3-4,6,8-10,12,14-16,18,20-22,24,26-28,30,32,35,38,41-43,45,47-56,58,60-64,66,68-70H2,1-2H3,(H,79,82)/b7-5-,13-11-,19-17-,25-23-,31-29-,34-33-,37-36-,40-39-,46-44-,59-57+,67-65+. The maximum atomic E-state index is 13.1. The van der Waals surface area contributed by atoms with Gasteiger partial charge in [-0.25, -0.2) is 0 Å². The Bertz CT molecular complexity index is 1840. The van der Waals surface area contributed by atoms with Gasteiger partial charge in [-0.2, -0.15) is 0 Å². The summed E-state index contributed by atoms with van der Waals surface area (Å²) in [6.45, 7) is 3.67. The van der Waals surface area contributed by atoms with Gasteiger partial charge in [0, 0.05) is 6.42 Å². The second-order valence-electron chi connectivity index (χ2n) is 24.3. The van der Waals surface area contributed by atoms with Crippen LogP contribution in [0.15, 0.2) is 134 Å². The van der Waals surface area contributed by atoms with Crippen LogP contribution >= 0.6 is 0 Å². The number of hydrogen-bond acceptors (Lipinski definition) is 8. The largest absolute Gasteiger partial charge is 0.394 e. The van der Waals surface area contributed by atoms with E-state index in [1.54, 1.807) is 6.08 Å². The van der Waals surface area contributed by atoms with Crippen LogP contribution in [-0.2, 0) is 14.3 Å². The van der Waals surface area contributed by atoms with E-state index in [4.69, 9.17) is 9.47 Å². The van der Waals surface area contributed by atoms with Crippen molar-refractivity contribution in [1.29, 1.82) is 0 Å². The molecule has 1 rings (SSSR count). The van der Waals surface area contributed by atoms with E-state index in [1.165, 1.54) is 167 Å². The van der Waals surface area contributed by atoms with Crippen molar-refractivity contribution in [3.05, 3.63) is 134 Å². The molecule has 6 N–H and O–H groups in total. The topological polar surface area (TPSA) is 149 Å². The van der Waals surface area contributed by atoms with Crippen LogP contribution in [0.3, 0.4) is 0 Å². The van der Waals surface area contributed by atoms with Gasteiger partial charge in [0.05, 0.1) is 25.4 Å². The molecule has 0 spiro atoms. The summed E-state index contributed by atoms with van der Waals surface area (Å²) in [5.41, 5.74) is 0. The average molecular weight is 1210 g/mol. The Kier molecular flexibility index (Phi) is 61.0. The fraction of sp³-hybridized carbons (Fsp3) is 0.705. The van der Waals surface area contributed by atoms with Crippen molar-refractivity contribution in [3.8, 4) is 0 Å². The molecule has 0 saturated carbocycles. The number of carbonyl (C=O) groups excluding carboxylic acids is 1. The molecule has 87 heavy (non-hydrogen) atoms. The number of nitrogens with one attached hydrogen (secondary N) is 1. The van der Waals surface area contributed by atoms with Crippen LogP contribution in [0.1, 0.15) is 296 Å². The molecular weight excluding hydrogens is 1080 g/mol. The van der Waals surface area contributed by atoms with Crippen molar-refractivity contribution in [1.82, 2.24) is 5.32 Å². The summed E-state index contributed by atoms with van der Waals surface area (Å²) < 4.78 is 11.3. The Hall–Kier alpha value is -3.67. The van der Waals surface area contributed by atoms with Crippen LogP contribution in [0.25, 0.3) is 0 Å². The zero-order chi connectivity index (χ0) is 62.8. The molecule has 0 aromatic rings.